The van der Waals surface area contributed by atoms with E-state index in [1.54, 1.807) is 6.07 Å². The minimum atomic E-state index is 0.0580. The average molecular weight is 305 g/mol. The Bertz CT molecular complexity index is 812. The van der Waals surface area contributed by atoms with E-state index >= 15 is 0 Å². The summed E-state index contributed by atoms with van der Waals surface area (Å²) in [7, 11) is 0. The molecule has 2 aromatic carbocycles. The van der Waals surface area contributed by atoms with Gasteiger partial charge in [0.1, 0.15) is 0 Å². The third-order valence-corrected chi connectivity index (χ3v) is 5.54. The summed E-state index contributed by atoms with van der Waals surface area (Å²) in [6.45, 7) is 0.593. The van der Waals surface area contributed by atoms with E-state index in [1.807, 2.05) is 29.2 Å². The van der Waals surface area contributed by atoms with Gasteiger partial charge in [-0.15, -0.1) is 0 Å². The quantitative estimate of drug-likeness (QED) is 0.855. The van der Waals surface area contributed by atoms with Gasteiger partial charge in [-0.3, -0.25) is 4.79 Å². The lowest BCUT2D eigenvalue weighted by molar-refractivity contribution is 0.00214. The summed E-state index contributed by atoms with van der Waals surface area (Å²) < 4.78 is 0. The first-order valence-corrected chi connectivity index (χ1v) is 8.20. The molecule has 3 N–H and O–H groups in total. The van der Waals surface area contributed by atoms with Gasteiger partial charge in [-0.2, -0.15) is 0 Å². The van der Waals surface area contributed by atoms with Crippen molar-refractivity contribution in [3.8, 4) is 0 Å². The van der Waals surface area contributed by atoms with Gasteiger partial charge in [-0.05, 0) is 67.1 Å². The lowest BCUT2D eigenvalue weighted by atomic mass is 9.50. The molecule has 3 saturated carbocycles. The second-order valence-electron chi connectivity index (χ2n) is 7.24. The third kappa shape index (κ3) is 1.87. The summed E-state index contributed by atoms with van der Waals surface area (Å²) in [5.74, 6) is 1.01. The van der Waals surface area contributed by atoms with E-state index in [0.29, 0.717) is 17.8 Å². The highest BCUT2D eigenvalue weighted by atomic mass is 16.2. The average Bonchev–Trinajstić information content (AvgIpc) is 2.78. The molecule has 3 aliphatic carbocycles. The molecule has 23 heavy (non-hydrogen) atoms. The Kier molecular flexibility index (Phi) is 2.42. The molecule has 6 rings (SSSR count). The molecule has 0 saturated heterocycles. The largest absolute Gasteiger partial charge is 0.399 e. The number of benzene rings is 2. The first kappa shape index (κ1) is 13.0. The minimum absolute atomic E-state index is 0.0580. The molecule has 0 unspecified atom stereocenters. The highest BCUT2D eigenvalue weighted by molar-refractivity contribution is 6.10. The normalized spacial score (nSPS) is 27.2. The zero-order valence-electron chi connectivity index (χ0n) is 12.9. The molecular weight excluding hydrogens is 286 g/mol. The maximum atomic E-state index is 12.6. The van der Waals surface area contributed by atoms with Crippen LogP contribution in [-0.2, 0) is 6.54 Å². The van der Waals surface area contributed by atoms with Crippen LogP contribution in [0, 0.1) is 5.92 Å². The molecule has 4 nitrogen and oxygen atoms in total. The fourth-order valence-corrected chi connectivity index (χ4v) is 4.24. The summed E-state index contributed by atoms with van der Waals surface area (Å²) in [5, 5.41) is 3.67. The fraction of sp³-hybridized carbons (Fsp3) is 0.316. The molecule has 0 radical (unpaired) electrons. The number of carbonyl (C=O) groups excluding carboxylic acids is 1. The number of rotatable bonds is 3. The Hall–Kier alpha value is -2.49. The maximum Gasteiger partial charge on any atom is 0.258 e. The van der Waals surface area contributed by atoms with Crippen molar-refractivity contribution in [2.24, 2.45) is 5.92 Å². The number of nitrogens with two attached hydrogens (primary N) is 1. The van der Waals surface area contributed by atoms with Crippen LogP contribution in [0.4, 0.5) is 17.1 Å². The fourth-order valence-electron chi connectivity index (χ4n) is 4.24. The van der Waals surface area contributed by atoms with Gasteiger partial charge >= 0.3 is 0 Å². The number of nitrogens with one attached hydrogen (secondary N) is 1. The molecule has 0 aromatic heterocycles. The van der Waals surface area contributed by atoms with Gasteiger partial charge in [0.2, 0.25) is 0 Å². The Morgan fingerprint density at radius 3 is 2.70 bits per heavy atom. The molecule has 116 valence electrons. The first-order valence-electron chi connectivity index (χ1n) is 8.20. The van der Waals surface area contributed by atoms with Crippen LogP contribution in [0.1, 0.15) is 35.2 Å². The van der Waals surface area contributed by atoms with E-state index in [4.69, 9.17) is 5.73 Å². The third-order valence-electron chi connectivity index (χ3n) is 5.54. The van der Waals surface area contributed by atoms with Gasteiger partial charge in [-0.1, -0.05) is 6.07 Å². The van der Waals surface area contributed by atoms with E-state index in [-0.39, 0.29) is 5.91 Å². The van der Waals surface area contributed by atoms with Crippen LogP contribution in [0.5, 0.6) is 0 Å². The van der Waals surface area contributed by atoms with Crippen molar-refractivity contribution in [2.45, 2.75) is 31.3 Å². The number of hydrogen-bond donors (Lipinski definition) is 2. The van der Waals surface area contributed by atoms with Crippen LogP contribution in [-0.4, -0.2) is 11.4 Å². The Morgan fingerprint density at radius 1 is 1.13 bits per heavy atom. The number of hydrogen-bond acceptors (Lipinski definition) is 3. The molecule has 4 heteroatoms. The number of fused-ring (bicyclic) bond motifs is 1. The van der Waals surface area contributed by atoms with Crippen LogP contribution in [0.2, 0.25) is 0 Å². The summed E-state index contributed by atoms with van der Waals surface area (Å²) in [4.78, 5) is 14.5. The van der Waals surface area contributed by atoms with Crippen molar-refractivity contribution in [1.82, 2.24) is 0 Å². The second-order valence-corrected chi connectivity index (χ2v) is 7.24. The van der Waals surface area contributed by atoms with Crippen molar-refractivity contribution in [3.63, 3.8) is 0 Å². The SMILES string of the molecule is Nc1ccc2c(c1)CN(c1cccc(NC34CC(C3)C4)c1)C2=O. The molecular formula is C19H19N3O. The van der Waals surface area contributed by atoms with Crippen molar-refractivity contribution < 1.29 is 4.79 Å². The highest BCUT2D eigenvalue weighted by Gasteiger charge is 2.56. The number of nitrogens with zero attached hydrogens (tertiary/aromatic N) is 1. The Labute approximate surface area is 135 Å². The minimum Gasteiger partial charge on any atom is -0.399 e. The summed E-state index contributed by atoms with van der Waals surface area (Å²) >= 11 is 0. The van der Waals surface area contributed by atoms with Gasteiger partial charge in [-0.25, -0.2) is 0 Å². The predicted octanol–water partition coefficient (Wildman–Crippen LogP) is 3.39. The van der Waals surface area contributed by atoms with Crippen molar-refractivity contribution in [3.05, 3.63) is 53.6 Å². The lowest BCUT2D eigenvalue weighted by Gasteiger charge is -2.62. The Morgan fingerprint density at radius 2 is 1.96 bits per heavy atom. The van der Waals surface area contributed by atoms with E-state index < -0.39 is 0 Å². The first-order chi connectivity index (χ1) is 11.1. The van der Waals surface area contributed by atoms with Crippen LogP contribution >= 0.6 is 0 Å². The van der Waals surface area contributed by atoms with Gasteiger partial charge < -0.3 is 16.0 Å². The smallest absolute Gasteiger partial charge is 0.258 e. The molecule has 4 aliphatic rings. The monoisotopic (exact) mass is 305 g/mol. The molecule has 3 fully saturated rings. The molecule has 2 bridgehead atoms. The predicted molar refractivity (Wildman–Crippen MR) is 91.5 cm³/mol. The summed E-state index contributed by atoms with van der Waals surface area (Å²) in [6, 6.07) is 13.7. The van der Waals surface area contributed by atoms with Gasteiger partial charge in [0.15, 0.2) is 0 Å². The van der Waals surface area contributed by atoms with Crippen molar-refractivity contribution in [2.75, 3.05) is 16.0 Å². The maximum absolute atomic E-state index is 12.6. The number of amides is 1. The van der Waals surface area contributed by atoms with Crippen LogP contribution in [0.15, 0.2) is 42.5 Å². The van der Waals surface area contributed by atoms with E-state index in [0.717, 1.165) is 28.4 Å². The number of anilines is 3. The van der Waals surface area contributed by atoms with Gasteiger partial charge in [0, 0.05) is 28.2 Å². The van der Waals surface area contributed by atoms with Crippen LogP contribution in [0.3, 0.4) is 0 Å². The topological polar surface area (TPSA) is 58.4 Å². The van der Waals surface area contributed by atoms with Crippen molar-refractivity contribution in [1.29, 1.82) is 0 Å². The van der Waals surface area contributed by atoms with E-state index in [2.05, 4.69) is 17.4 Å². The number of carbonyl (C=O) groups is 1. The van der Waals surface area contributed by atoms with E-state index in [1.165, 1.54) is 19.3 Å². The van der Waals surface area contributed by atoms with E-state index in [9.17, 15) is 4.79 Å². The van der Waals surface area contributed by atoms with Crippen LogP contribution in [0.25, 0.3) is 0 Å². The summed E-state index contributed by atoms with van der Waals surface area (Å²) in [6.07, 6.45) is 3.89. The zero-order chi connectivity index (χ0) is 15.6. The Balaban J connectivity index is 1.43. The molecule has 1 amide bonds. The molecule has 1 heterocycles. The summed E-state index contributed by atoms with van der Waals surface area (Å²) in [5.41, 5.74) is 10.7. The van der Waals surface area contributed by atoms with Gasteiger partial charge in [0.05, 0.1) is 6.54 Å². The molecule has 0 spiro atoms. The zero-order valence-corrected chi connectivity index (χ0v) is 12.9. The van der Waals surface area contributed by atoms with Gasteiger partial charge in [0.25, 0.3) is 5.91 Å². The molecule has 0 atom stereocenters. The second kappa shape index (κ2) is 4.28. The molecule has 2 aromatic rings. The van der Waals surface area contributed by atoms with Crippen molar-refractivity contribution >= 4 is 23.0 Å². The van der Waals surface area contributed by atoms with Crippen LogP contribution < -0.4 is 16.0 Å². The lowest BCUT2D eigenvalue weighted by Crippen LogP contribution is -2.63. The standard InChI is InChI=1S/C19H19N3O/c20-14-4-5-17-13(6-14)11-22(18(17)23)16-3-1-2-15(7-16)21-19-8-12(9-19)10-19/h1-7,12,21H,8-11,20H2. The number of nitrogen functional groups attached to an aromatic ring is 1. The molecule has 1 aliphatic heterocycles. The highest BCUT2D eigenvalue weighted by Crippen LogP contribution is 2.58.